The minimum absolute atomic E-state index is 0.0517. The van der Waals surface area contributed by atoms with Crippen molar-refractivity contribution in [2.75, 3.05) is 13.1 Å². The molecule has 0 aromatic heterocycles. The van der Waals surface area contributed by atoms with E-state index in [4.69, 9.17) is 0 Å². The normalized spacial score (nSPS) is 10.6. The Labute approximate surface area is 111 Å². The number of carbonyl (C=O) groups is 1. The lowest BCUT2D eigenvalue weighted by Crippen LogP contribution is -2.35. The molecule has 1 amide bonds. The Morgan fingerprint density at radius 3 is 2.53 bits per heavy atom. The van der Waals surface area contributed by atoms with Gasteiger partial charge in [-0.3, -0.25) is 4.79 Å². The van der Waals surface area contributed by atoms with Crippen LogP contribution in [0.4, 0.5) is 0 Å². The minimum atomic E-state index is 0.0517. The predicted octanol–water partition coefficient (Wildman–Crippen LogP) is 2.31. The highest BCUT2D eigenvalue weighted by Gasteiger charge is 2.01. The summed E-state index contributed by atoms with van der Waals surface area (Å²) in [5, 5.41) is 5.99. The summed E-state index contributed by atoms with van der Waals surface area (Å²) in [6, 6.07) is 8.05. The van der Waals surface area contributed by atoms with Gasteiger partial charge in [0.05, 0.1) is 6.54 Å². The largest absolute Gasteiger partial charge is 0.355 e. The van der Waals surface area contributed by atoms with Crippen molar-refractivity contribution in [1.29, 1.82) is 0 Å². The van der Waals surface area contributed by atoms with Gasteiger partial charge in [0.25, 0.3) is 0 Å². The van der Waals surface area contributed by atoms with E-state index in [0.29, 0.717) is 19.0 Å². The third-order valence-corrected chi connectivity index (χ3v) is 2.76. The highest BCUT2D eigenvalue weighted by Crippen LogP contribution is 2.09. The predicted molar refractivity (Wildman–Crippen MR) is 73.7 cm³/mol. The monoisotopic (exact) mass is 298 g/mol. The summed E-state index contributed by atoms with van der Waals surface area (Å²) < 4.78 is 1.07. The molecular formula is C13H19BrN2O. The summed E-state index contributed by atoms with van der Waals surface area (Å²) in [7, 11) is 0. The first kappa shape index (κ1) is 14.2. The summed E-state index contributed by atoms with van der Waals surface area (Å²) >= 11 is 3.39. The molecule has 94 valence electrons. The molecule has 0 spiro atoms. The zero-order valence-electron chi connectivity index (χ0n) is 10.3. The second kappa shape index (κ2) is 7.45. The molecule has 0 heterocycles. The van der Waals surface area contributed by atoms with Crippen LogP contribution < -0.4 is 10.6 Å². The van der Waals surface area contributed by atoms with Crippen molar-refractivity contribution in [3.05, 3.63) is 34.3 Å². The van der Waals surface area contributed by atoms with E-state index >= 15 is 0 Å². The van der Waals surface area contributed by atoms with Crippen molar-refractivity contribution in [1.82, 2.24) is 10.6 Å². The third kappa shape index (κ3) is 6.44. The lowest BCUT2D eigenvalue weighted by molar-refractivity contribution is -0.120. The summed E-state index contributed by atoms with van der Waals surface area (Å²) in [6.45, 7) is 5.97. The molecule has 0 fully saturated rings. The SMILES string of the molecule is CC(C)CNC(=O)CNCc1ccc(Br)cc1. The number of benzene rings is 1. The summed E-state index contributed by atoms with van der Waals surface area (Å²) in [6.07, 6.45) is 0. The van der Waals surface area contributed by atoms with Crippen LogP contribution in [0.15, 0.2) is 28.7 Å². The molecular weight excluding hydrogens is 280 g/mol. The molecule has 2 N–H and O–H groups in total. The van der Waals surface area contributed by atoms with Crippen LogP contribution in [0, 0.1) is 5.92 Å². The molecule has 4 heteroatoms. The molecule has 1 aromatic rings. The molecule has 1 aromatic carbocycles. The Morgan fingerprint density at radius 1 is 1.29 bits per heavy atom. The number of carbonyl (C=O) groups excluding carboxylic acids is 1. The molecule has 0 aliphatic carbocycles. The van der Waals surface area contributed by atoms with Gasteiger partial charge >= 0.3 is 0 Å². The van der Waals surface area contributed by atoms with E-state index in [-0.39, 0.29) is 5.91 Å². The van der Waals surface area contributed by atoms with Crippen LogP contribution >= 0.6 is 15.9 Å². The molecule has 0 saturated heterocycles. The Balaban J connectivity index is 2.19. The zero-order valence-corrected chi connectivity index (χ0v) is 11.9. The van der Waals surface area contributed by atoms with Crippen molar-refractivity contribution < 1.29 is 4.79 Å². The molecule has 0 atom stereocenters. The van der Waals surface area contributed by atoms with Crippen molar-refractivity contribution >= 4 is 21.8 Å². The van der Waals surface area contributed by atoms with Gasteiger partial charge in [-0.2, -0.15) is 0 Å². The topological polar surface area (TPSA) is 41.1 Å². The van der Waals surface area contributed by atoms with Crippen molar-refractivity contribution in [2.24, 2.45) is 5.92 Å². The molecule has 1 rings (SSSR count). The fourth-order valence-corrected chi connectivity index (χ4v) is 1.57. The zero-order chi connectivity index (χ0) is 12.7. The average Bonchev–Trinajstić information content (AvgIpc) is 2.29. The highest BCUT2D eigenvalue weighted by atomic mass is 79.9. The second-order valence-corrected chi connectivity index (χ2v) is 5.34. The van der Waals surface area contributed by atoms with Crippen molar-refractivity contribution in [2.45, 2.75) is 20.4 Å². The van der Waals surface area contributed by atoms with Gasteiger partial charge in [0, 0.05) is 17.6 Å². The molecule has 17 heavy (non-hydrogen) atoms. The lowest BCUT2D eigenvalue weighted by Gasteiger charge is -2.08. The van der Waals surface area contributed by atoms with Gasteiger partial charge in [0.15, 0.2) is 0 Å². The lowest BCUT2D eigenvalue weighted by atomic mass is 10.2. The highest BCUT2D eigenvalue weighted by molar-refractivity contribution is 9.10. The number of amides is 1. The quantitative estimate of drug-likeness (QED) is 0.846. The van der Waals surface area contributed by atoms with Gasteiger partial charge in [-0.1, -0.05) is 41.9 Å². The number of hydrogen-bond donors (Lipinski definition) is 2. The van der Waals surface area contributed by atoms with Gasteiger partial charge in [-0.25, -0.2) is 0 Å². The third-order valence-electron chi connectivity index (χ3n) is 2.24. The van der Waals surface area contributed by atoms with Crippen LogP contribution in [-0.4, -0.2) is 19.0 Å². The Hall–Kier alpha value is -0.870. The van der Waals surface area contributed by atoms with E-state index in [1.807, 2.05) is 24.3 Å². The summed E-state index contributed by atoms with van der Waals surface area (Å²) in [4.78, 5) is 11.4. The van der Waals surface area contributed by atoms with Gasteiger partial charge in [0.2, 0.25) is 5.91 Å². The van der Waals surface area contributed by atoms with E-state index in [1.54, 1.807) is 0 Å². The molecule has 0 aliphatic heterocycles. The summed E-state index contributed by atoms with van der Waals surface area (Å²) in [5.74, 6) is 0.543. The Kier molecular flexibility index (Phi) is 6.22. The molecule has 0 radical (unpaired) electrons. The fraction of sp³-hybridized carbons (Fsp3) is 0.462. The van der Waals surface area contributed by atoms with Crippen molar-refractivity contribution in [3.8, 4) is 0 Å². The van der Waals surface area contributed by atoms with Crippen LogP contribution in [0.5, 0.6) is 0 Å². The van der Waals surface area contributed by atoms with Gasteiger partial charge in [0.1, 0.15) is 0 Å². The van der Waals surface area contributed by atoms with E-state index in [0.717, 1.165) is 11.0 Å². The summed E-state index contributed by atoms with van der Waals surface area (Å²) in [5.41, 5.74) is 1.17. The number of halogens is 1. The maximum Gasteiger partial charge on any atom is 0.233 e. The van der Waals surface area contributed by atoms with Gasteiger partial charge in [-0.05, 0) is 23.6 Å². The van der Waals surface area contributed by atoms with E-state index in [1.165, 1.54) is 5.56 Å². The molecule has 0 aliphatic rings. The van der Waals surface area contributed by atoms with Gasteiger partial charge in [-0.15, -0.1) is 0 Å². The van der Waals surface area contributed by atoms with Gasteiger partial charge < -0.3 is 10.6 Å². The van der Waals surface area contributed by atoms with E-state index in [2.05, 4.69) is 40.4 Å². The number of nitrogens with one attached hydrogen (secondary N) is 2. The standard InChI is InChI=1S/C13H19BrN2O/c1-10(2)7-16-13(17)9-15-8-11-3-5-12(14)6-4-11/h3-6,10,15H,7-9H2,1-2H3,(H,16,17). The van der Waals surface area contributed by atoms with Crippen LogP contribution in [0.3, 0.4) is 0 Å². The number of hydrogen-bond acceptors (Lipinski definition) is 2. The molecule has 0 saturated carbocycles. The van der Waals surface area contributed by atoms with Crippen molar-refractivity contribution in [3.63, 3.8) is 0 Å². The van der Waals surface area contributed by atoms with E-state index in [9.17, 15) is 4.79 Å². The first-order chi connectivity index (χ1) is 8.08. The first-order valence-electron chi connectivity index (χ1n) is 5.80. The average molecular weight is 299 g/mol. The Morgan fingerprint density at radius 2 is 1.94 bits per heavy atom. The minimum Gasteiger partial charge on any atom is -0.355 e. The van der Waals surface area contributed by atoms with Crippen LogP contribution in [0.25, 0.3) is 0 Å². The van der Waals surface area contributed by atoms with E-state index < -0.39 is 0 Å². The second-order valence-electron chi connectivity index (χ2n) is 4.43. The fourth-order valence-electron chi connectivity index (χ4n) is 1.30. The number of rotatable bonds is 6. The van der Waals surface area contributed by atoms with Crippen LogP contribution in [0.1, 0.15) is 19.4 Å². The first-order valence-corrected chi connectivity index (χ1v) is 6.59. The maximum absolute atomic E-state index is 11.4. The molecule has 0 unspecified atom stereocenters. The molecule has 0 bridgehead atoms. The Bertz CT molecular complexity index is 349. The van der Waals surface area contributed by atoms with Crippen LogP contribution in [-0.2, 0) is 11.3 Å². The maximum atomic E-state index is 11.4. The molecule has 3 nitrogen and oxygen atoms in total. The smallest absolute Gasteiger partial charge is 0.233 e. The van der Waals surface area contributed by atoms with Crippen LogP contribution in [0.2, 0.25) is 0 Å².